The van der Waals surface area contributed by atoms with Crippen LogP contribution in [0.3, 0.4) is 0 Å². The lowest BCUT2D eigenvalue weighted by Gasteiger charge is -2.11. The predicted molar refractivity (Wildman–Crippen MR) is 137 cm³/mol. The number of carbonyl (C=O) groups excluding carboxylic acids is 1. The standard InChI is InChI=1S/C28H29N3O5/c32-12-1-2-19-3-5-20(6-4-19)21-7-9-22(10-8-21)26-17-24(28(34)31-35)25-18-29-23(16-27(25)30-26)11-14-36-15-13-33/h3-10,16-18,32-33,35H,1-2,11-15H2,(H,31,34). The van der Waals surface area contributed by atoms with Crippen molar-refractivity contribution in [3.63, 3.8) is 0 Å². The number of hydroxylamine groups is 1. The van der Waals surface area contributed by atoms with Crippen molar-refractivity contribution in [2.24, 2.45) is 0 Å². The Bertz CT molecular complexity index is 1310. The van der Waals surface area contributed by atoms with Gasteiger partial charge in [-0.1, -0.05) is 48.5 Å². The van der Waals surface area contributed by atoms with Crippen LogP contribution in [-0.2, 0) is 17.6 Å². The van der Waals surface area contributed by atoms with Crippen LogP contribution in [0.1, 0.15) is 28.0 Å². The highest BCUT2D eigenvalue weighted by Gasteiger charge is 2.15. The highest BCUT2D eigenvalue weighted by Crippen LogP contribution is 2.28. The van der Waals surface area contributed by atoms with E-state index in [0.29, 0.717) is 29.6 Å². The summed E-state index contributed by atoms with van der Waals surface area (Å²) in [5.74, 6) is -0.637. The number of hydrogen-bond acceptors (Lipinski definition) is 7. The molecular formula is C28H29N3O5. The van der Waals surface area contributed by atoms with Gasteiger partial charge in [-0.25, -0.2) is 10.5 Å². The zero-order valence-corrected chi connectivity index (χ0v) is 19.9. The fraction of sp³-hybridized carbons (Fsp3) is 0.250. The molecule has 0 aliphatic rings. The number of aromatic nitrogens is 2. The highest BCUT2D eigenvalue weighted by atomic mass is 16.5. The number of nitrogens with one attached hydrogen (secondary N) is 1. The van der Waals surface area contributed by atoms with E-state index in [1.54, 1.807) is 17.7 Å². The largest absolute Gasteiger partial charge is 0.396 e. The van der Waals surface area contributed by atoms with Crippen LogP contribution in [-0.4, -0.2) is 57.7 Å². The van der Waals surface area contributed by atoms with Gasteiger partial charge in [0.05, 0.1) is 36.6 Å². The molecule has 0 spiro atoms. The van der Waals surface area contributed by atoms with Crippen molar-refractivity contribution in [3.05, 3.63) is 83.7 Å². The summed E-state index contributed by atoms with van der Waals surface area (Å²) in [6.07, 6.45) is 3.71. The van der Waals surface area contributed by atoms with E-state index in [4.69, 9.17) is 19.9 Å². The van der Waals surface area contributed by atoms with Gasteiger partial charge in [0, 0.05) is 35.9 Å². The first-order valence-corrected chi connectivity index (χ1v) is 11.9. The lowest BCUT2D eigenvalue weighted by atomic mass is 9.99. The lowest BCUT2D eigenvalue weighted by Crippen LogP contribution is -2.19. The summed E-state index contributed by atoms with van der Waals surface area (Å²) in [4.78, 5) is 21.6. The second kappa shape index (κ2) is 12.3. The smallest absolute Gasteiger partial charge is 0.275 e. The average Bonchev–Trinajstić information content (AvgIpc) is 2.93. The second-order valence-corrected chi connectivity index (χ2v) is 8.38. The van der Waals surface area contributed by atoms with Gasteiger partial charge in [0.25, 0.3) is 5.91 Å². The Morgan fingerprint density at radius 2 is 1.56 bits per heavy atom. The Labute approximate surface area is 209 Å². The number of ether oxygens (including phenoxy) is 1. The summed E-state index contributed by atoms with van der Waals surface area (Å²) in [5, 5.41) is 27.7. The minimum absolute atomic E-state index is 0.0373. The first-order valence-electron chi connectivity index (χ1n) is 11.9. The van der Waals surface area contributed by atoms with E-state index in [1.807, 2.05) is 30.3 Å². The van der Waals surface area contributed by atoms with E-state index in [0.717, 1.165) is 35.2 Å². The number of fused-ring (bicyclic) bond motifs is 1. The molecule has 2 heterocycles. The summed E-state index contributed by atoms with van der Waals surface area (Å²) in [6.45, 7) is 0.822. The van der Waals surface area contributed by atoms with Gasteiger partial charge in [0.2, 0.25) is 0 Å². The molecule has 0 radical (unpaired) electrons. The van der Waals surface area contributed by atoms with E-state index < -0.39 is 5.91 Å². The van der Waals surface area contributed by atoms with Crippen LogP contribution >= 0.6 is 0 Å². The molecule has 2 aromatic heterocycles. The highest BCUT2D eigenvalue weighted by molar-refractivity contribution is 6.06. The maximum Gasteiger partial charge on any atom is 0.275 e. The Balaban J connectivity index is 1.63. The topological polar surface area (TPSA) is 125 Å². The van der Waals surface area contributed by atoms with Crippen LogP contribution in [0.5, 0.6) is 0 Å². The number of nitrogens with zero attached hydrogens (tertiary/aromatic N) is 2. The lowest BCUT2D eigenvalue weighted by molar-refractivity contribution is 0.0708. The molecule has 4 aromatic rings. The molecule has 2 aromatic carbocycles. The molecule has 0 fully saturated rings. The minimum atomic E-state index is -0.637. The molecule has 0 atom stereocenters. The SMILES string of the molecule is O=C(NO)c1cc(-c2ccc(-c3ccc(CCCO)cc3)cc2)nc2cc(CCOCCO)ncc12. The summed E-state index contributed by atoms with van der Waals surface area (Å²) < 4.78 is 5.32. The van der Waals surface area contributed by atoms with Gasteiger partial charge in [-0.3, -0.25) is 15.0 Å². The van der Waals surface area contributed by atoms with Crippen LogP contribution in [0.4, 0.5) is 0 Å². The van der Waals surface area contributed by atoms with Gasteiger partial charge in [-0.05, 0) is 41.7 Å². The van der Waals surface area contributed by atoms with Crippen LogP contribution in [0, 0.1) is 0 Å². The number of pyridine rings is 2. The van der Waals surface area contributed by atoms with Crippen LogP contribution in [0.25, 0.3) is 33.3 Å². The molecule has 4 N–H and O–H groups in total. The molecule has 36 heavy (non-hydrogen) atoms. The van der Waals surface area contributed by atoms with E-state index in [-0.39, 0.29) is 25.4 Å². The Hall–Kier alpha value is -3.69. The van der Waals surface area contributed by atoms with E-state index in [9.17, 15) is 10.0 Å². The van der Waals surface area contributed by atoms with E-state index in [1.165, 1.54) is 5.56 Å². The maximum atomic E-state index is 12.4. The molecule has 0 aliphatic carbocycles. The number of amides is 1. The van der Waals surface area contributed by atoms with Crippen molar-refractivity contribution in [2.45, 2.75) is 19.3 Å². The molecule has 0 saturated carbocycles. The van der Waals surface area contributed by atoms with Crippen LogP contribution in [0.2, 0.25) is 0 Å². The molecule has 0 bridgehead atoms. The molecule has 8 nitrogen and oxygen atoms in total. The number of hydrogen-bond donors (Lipinski definition) is 4. The number of aryl methyl sites for hydroxylation is 1. The number of aliphatic hydroxyl groups excluding tert-OH is 2. The van der Waals surface area contributed by atoms with Gasteiger partial charge in [-0.2, -0.15) is 0 Å². The fourth-order valence-corrected chi connectivity index (χ4v) is 4.02. The van der Waals surface area contributed by atoms with Gasteiger partial charge < -0.3 is 14.9 Å². The quantitative estimate of drug-likeness (QED) is 0.145. The number of benzene rings is 2. The van der Waals surface area contributed by atoms with E-state index >= 15 is 0 Å². The van der Waals surface area contributed by atoms with Crippen molar-refractivity contribution in [1.82, 2.24) is 15.4 Å². The Morgan fingerprint density at radius 3 is 2.22 bits per heavy atom. The third-order valence-electron chi connectivity index (χ3n) is 5.93. The summed E-state index contributed by atoms with van der Waals surface area (Å²) >= 11 is 0. The van der Waals surface area contributed by atoms with E-state index in [2.05, 4.69) is 29.2 Å². The van der Waals surface area contributed by atoms with Gasteiger partial charge >= 0.3 is 0 Å². The molecular weight excluding hydrogens is 458 g/mol. The Kier molecular flexibility index (Phi) is 8.70. The summed E-state index contributed by atoms with van der Waals surface area (Å²) in [5.41, 5.74) is 8.07. The first kappa shape index (κ1) is 25.4. The fourth-order valence-electron chi connectivity index (χ4n) is 4.02. The molecule has 4 rings (SSSR count). The molecule has 0 unspecified atom stereocenters. The predicted octanol–water partition coefficient (Wildman–Crippen LogP) is 3.56. The summed E-state index contributed by atoms with van der Waals surface area (Å²) in [6, 6.07) is 19.7. The van der Waals surface area contributed by atoms with Crippen molar-refractivity contribution < 1.29 is 25.0 Å². The number of aliphatic hydroxyl groups is 2. The monoisotopic (exact) mass is 487 g/mol. The van der Waals surface area contributed by atoms with Crippen LogP contribution < -0.4 is 5.48 Å². The molecule has 186 valence electrons. The van der Waals surface area contributed by atoms with Gasteiger partial charge in [-0.15, -0.1) is 0 Å². The van der Waals surface area contributed by atoms with Crippen molar-refractivity contribution in [2.75, 3.05) is 26.4 Å². The van der Waals surface area contributed by atoms with Gasteiger partial charge in [0.1, 0.15) is 0 Å². The molecule has 0 saturated heterocycles. The van der Waals surface area contributed by atoms with Crippen molar-refractivity contribution in [1.29, 1.82) is 0 Å². The number of rotatable bonds is 11. The second-order valence-electron chi connectivity index (χ2n) is 8.38. The minimum Gasteiger partial charge on any atom is -0.396 e. The molecule has 1 amide bonds. The normalized spacial score (nSPS) is 11.1. The Morgan fingerprint density at radius 1 is 0.861 bits per heavy atom. The average molecular weight is 488 g/mol. The number of carbonyl (C=O) groups is 1. The first-order chi connectivity index (χ1) is 17.6. The zero-order valence-electron chi connectivity index (χ0n) is 19.9. The molecule has 8 heteroatoms. The zero-order chi connectivity index (χ0) is 25.3. The van der Waals surface area contributed by atoms with Crippen LogP contribution in [0.15, 0.2) is 66.9 Å². The van der Waals surface area contributed by atoms with Crippen molar-refractivity contribution >= 4 is 16.8 Å². The summed E-state index contributed by atoms with van der Waals surface area (Å²) in [7, 11) is 0. The third kappa shape index (κ3) is 6.10. The molecule has 0 aliphatic heterocycles. The maximum absolute atomic E-state index is 12.4. The van der Waals surface area contributed by atoms with Gasteiger partial charge in [0.15, 0.2) is 0 Å². The third-order valence-corrected chi connectivity index (χ3v) is 5.93. The van der Waals surface area contributed by atoms with Crippen molar-refractivity contribution in [3.8, 4) is 22.4 Å².